The van der Waals surface area contributed by atoms with Gasteiger partial charge in [-0.1, -0.05) is 12.8 Å². The van der Waals surface area contributed by atoms with Crippen LogP contribution in [0.25, 0.3) is 0 Å². The molecule has 0 aliphatic rings. The molecule has 0 saturated heterocycles. The summed E-state index contributed by atoms with van der Waals surface area (Å²) in [5.74, 6) is 1.26. The number of amides is 2. The Morgan fingerprint density at radius 2 is 2.23 bits per heavy atom. The molecule has 0 aromatic carbocycles. The summed E-state index contributed by atoms with van der Waals surface area (Å²) in [6.07, 6.45) is 5.69. The van der Waals surface area contributed by atoms with E-state index in [0.717, 1.165) is 0 Å². The van der Waals surface area contributed by atoms with Gasteiger partial charge in [-0.2, -0.15) is 0 Å². The summed E-state index contributed by atoms with van der Waals surface area (Å²) in [7, 11) is 0. The summed E-state index contributed by atoms with van der Waals surface area (Å²) in [5.41, 5.74) is 0. The zero-order valence-corrected chi connectivity index (χ0v) is 7.33. The molecule has 0 aromatic heterocycles. The van der Waals surface area contributed by atoms with E-state index in [1.807, 2.05) is 6.92 Å². The van der Waals surface area contributed by atoms with Crippen molar-refractivity contribution < 1.29 is 14.7 Å². The van der Waals surface area contributed by atoms with Crippen molar-refractivity contribution in [1.82, 2.24) is 10.6 Å². The highest BCUT2D eigenvalue weighted by Gasteiger charge is 2.07. The number of rotatable bonds is 4. The van der Waals surface area contributed by atoms with E-state index in [-0.39, 0.29) is 6.04 Å². The third-order valence-electron chi connectivity index (χ3n) is 1.31. The van der Waals surface area contributed by atoms with Crippen LogP contribution in [-0.2, 0) is 4.79 Å². The van der Waals surface area contributed by atoms with Crippen LogP contribution >= 0.6 is 0 Å². The number of carboxylic acid groups (broad SMARTS) is 1. The number of urea groups is 1. The molecule has 0 spiro atoms. The molecule has 1 unspecified atom stereocenters. The van der Waals surface area contributed by atoms with E-state index < -0.39 is 18.5 Å². The lowest BCUT2D eigenvalue weighted by molar-refractivity contribution is -0.135. The van der Waals surface area contributed by atoms with Crippen LogP contribution in [0.2, 0.25) is 0 Å². The maximum absolute atomic E-state index is 10.9. The number of nitrogens with one attached hydrogen (secondary N) is 2. The lowest BCUT2D eigenvalue weighted by Gasteiger charge is -2.10. The molecule has 0 aromatic rings. The Labute approximate surface area is 76.5 Å². The van der Waals surface area contributed by atoms with E-state index in [1.54, 1.807) is 0 Å². The van der Waals surface area contributed by atoms with E-state index in [1.165, 1.54) is 0 Å². The van der Waals surface area contributed by atoms with Crippen molar-refractivity contribution in [2.24, 2.45) is 0 Å². The van der Waals surface area contributed by atoms with Crippen molar-refractivity contribution in [2.75, 3.05) is 6.54 Å². The van der Waals surface area contributed by atoms with Crippen molar-refractivity contribution in [3.63, 3.8) is 0 Å². The minimum Gasteiger partial charge on any atom is -0.480 e. The number of hydrogen-bond acceptors (Lipinski definition) is 2. The number of aliphatic carboxylic acids is 1. The normalized spacial score (nSPS) is 11.1. The fourth-order valence-corrected chi connectivity index (χ4v) is 0.627. The van der Waals surface area contributed by atoms with Gasteiger partial charge < -0.3 is 15.7 Å². The zero-order valence-electron chi connectivity index (χ0n) is 7.33. The van der Waals surface area contributed by atoms with Gasteiger partial charge in [0, 0.05) is 0 Å². The predicted molar refractivity (Wildman–Crippen MR) is 47.1 cm³/mol. The largest absolute Gasteiger partial charge is 0.480 e. The molecular weight excluding hydrogens is 172 g/mol. The van der Waals surface area contributed by atoms with Gasteiger partial charge >= 0.3 is 12.0 Å². The molecule has 1 atom stereocenters. The molecule has 5 nitrogen and oxygen atoms in total. The maximum Gasteiger partial charge on any atom is 0.323 e. The second kappa shape index (κ2) is 5.89. The first-order valence-electron chi connectivity index (χ1n) is 3.82. The molecule has 0 rings (SSSR count). The monoisotopic (exact) mass is 184 g/mol. The molecule has 0 aliphatic carbocycles. The molecule has 0 bridgehead atoms. The Bertz CT molecular complexity index is 232. The van der Waals surface area contributed by atoms with Crippen molar-refractivity contribution >= 4 is 12.0 Å². The molecule has 13 heavy (non-hydrogen) atoms. The van der Waals surface area contributed by atoms with Crippen molar-refractivity contribution in [1.29, 1.82) is 0 Å². The summed E-state index contributed by atoms with van der Waals surface area (Å²) in [5, 5.41) is 12.8. The smallest absolute Gasteiger partial charge is 0.323 e. The van der Waals surface area contributed by atoms with Gasteiger partial charge in [-0.15, -0.1) is 6.42 Å². The van der Waals surface area contributed by atoms with Gasteiger partial charge in [0.15, 0.2) is 0 Å². The SMILES string of the molecule is C#CC(CC)NC(=O)NCC(=O)O. The summed E-state index contributed by atoms with van der Waals surface area (Å²) in [6, 6.07) is -0.916. The molecule has 3 N–H and O–H groups in total. The number of hydrogen-bond donors (Lipinski definition) is 3. The fraction of sp³-hybridized carbons (Fsp3) is 0.500. The Balaban J connectivity index is 3.74. The van der Waals surface area contributed by atoms with Gasteiger partial charge in [0.25, 0.3) is 0 Å². The Morgan fingerprint density at radius 1 is 1.62 bits per heavy atom. The van der Waals surface area contributed by atoms with Gasteiger partial charge in [0.1, 0.15) is 6.54 Å². The van der Waals surface area contributed by atoms with E-state index >= 15 is 0 Å². The Kier molecular flexibility index (Phi) is 5.12. The Morgan fingerprint density at radius 3 is 2.62 bits per heavy atom. The predicted octanol–water partition coefficient (Wildman–Crippen LogP) is -0.218. The first-order valence-corrected chi connectivity index (χ1v) is 3.82. The van der Waals surface area contributed by atoms with Crippen LogP contribution in [0.3, 0.4) is 0 Å². The second-order valence-corrected chi connectivity index (χ2v) is 2.35. The highest BCUT2D eigenvalue weighted by molar-refractivity contribution is 5.80. The van der Waals surface area contributed by atoms with Crippen LogP contribution < -0.4 is 10.6 Å². The highest BCUT2D eigenvalue weighted by Crippen LogP contribution is 1.86. The quantitative estimate of drug-likeness (QED) is 0.528. The zero-order chi connectivity index (χ0) is 10.3. The number of carbonyl (C=O) groups excluding carboxylic acids is 1. The standard InChI is InChI=1S/C8H12N2O3/c1-3-6(4-2)10-8(13)9-5-7(11)12/h1,6H,4-5H2,2H3,(H,11,12)(H2,9,10,13). The van der Waals surface area contributed by atoms with Gasteiger partial charge in [-0.05, 0) is 6.42 Å². The topological polar surface area (TPSA) is 78.4 Å². The fourth-order valence-electron chi connectivity index (χ4n) is 0.627. The third-order valence-corrected chi connectivity index (χ3v) is 1.31. The van der Waals surface area contributed by atoms with Crippen molar-refractivity contribution in [2.45, 2.75) is 19.4 Å². The van der Waals surface area contributed by atoms with E-state index in [9.17, 15) is 9.59 Å². The molecule has 0 aliphatic heterocycles. The highest BCUT2D eigenvalue weighted by atomic mass is 16.4. The minimum atomic E-state index is -1.09. The number of carboxylic acids is 1. The maximum atomic E-state index is 10.9. The van der Waals surface area contributed by atoms with E-state index in [0.29, 0.717) is 6.42 Å². The van der Waals surface area contributed by atoms with E-state index in [2.05, 4.69) is 16.6 Å². The van der Waals surface area contributed by atoms with Crippen molar-refractivity contribution in [3.05, 3.63) is 0 Å². The lowest BCUT2D eigenvalue weighted by atomic mass is 10.2. The molecule has 5 heteroatoms. The first-order chi connectivity index (χ1) is 6.10. The summed E-state index contributed by atoms with van der Waals surface area (Å²) < 4.78 is 0. The molecule has 0 radical (unpaired) electrons. The summed E-state index contributed by atoms with van der Waals surface area (Å²) in [4.78, 5) is 20.9. The number of terminal acetylenes is 1. The van der Waals surface area contributed by atoms with Gasteiger partial charge in [0.2, 0.25) is 0 Å². The molecular formula is C8H12N2O3. The van der Waals surface area contributed by atoms with Crippen LogP contribution in [-0.4, -0.2) is 29.7 Å². The summed E-state index contributed by atoms with van der Waals surface area (Å²) >= 11 is 0. The van der Waals surface area contributed by atoms with Crippen LogP contribution in [0.1, 0.15) is 13.3 Å². The van der Waals surface area contributed by atoms with Crippen LogP contribution in [0.15, 0.2) is 0 Å². The second-order valence-electron chi connectivity index (χ2n) is 2.35. The molecule has 2 amide bonds. The first kappa shape index (κ1) is 11.3. The van der Waals surface area contributed by atoms with E-state index in [4.69, 9.17) is 11.5 Å². The lowest BCUT2D eigenvalue weighted by Crippen LogP contribution is -2.43. The van der Waals surface area contributed by atoms with Crippen LogP contribution in [0.5, 0.6) is 0 Å². The molecule has 0 saturated carbocycles. The molecule has 72 valence electrons. The van der Waals surface area contributed by atoms with Crippen LogP contribution in [0, 0.1) is 12.3 Å². The summed E-state index contributed by atoms with van der Waals surface area (Å²) in [6.45, 7) is 1.41. The average Bonchev–Trinajstić information content (AvgIpc) is 2.10. The van der Waals surface area contributed by atoms with Gasteiger partial charge in [-0.3, -0.25) is 4.79 Å². The average molecular weight is 184 g/mol. The van der Waals surface area contributed by atoms with Gasteiger partial charge in [-0.25, -0.2) is 4.79 Å². The Hall–Kier alpha value is -1.70. The number of carbonyl (C=O) groups is 2. The van der Waals surface area contributed by atoms with Gasteiger partial charge in [0.05, 0.1) is 6.04 Å². The third kappa shape index (κ3) is 5.56. The van der Waals surface area contributed by atoms with Crippen molar-refractivity contribution in [3.8, 4) is 12.3 Å². The minimum absolute atomic E-state index is 0.353. The molecule has 0 fully saturated rings. The van der Waals surface area contributed by atoms with Crippen LogP contribution in [0.4, 0.5) is 4.79 Å². The molecule has 0 heterocycles.